The highest BCUT2D eigenvalue weighted by Crippen LogP contribution is 2.24. The van der Waals surface area contributed by atoms with Crippen molar-refractivity contribution < 1.29 is 14.3 Å². The first-order valence-corrected chi connectivity index (χ1v) is 11.1. The summed E-state index contributed by atoms with van der Waals surface area (Å²) in [6.07, 6.45) is 5.50. The molecule has 4 rings (SSSR count). The first kappa shape index (κ1) is 23.0. The minimum absolute atomic E-state index is 0.232. The van der Waals surface area contributed by atoms with E-state index >= 15 is 0 Å². The zero-order valence-electron chi connectivity index (χ0n) is 19.0. The number of benzene rings is 2. The molecule has 0 radical (unpaired) electrons. The third-order valence-corrected chi connectivity index (χ3v) is 5.21. The Balaban J connectivity index is 1.46. The van der Waals surface area contributed by atoms with Crippen LogP contribution < -0.4 is 5.32 Å². The Kier molecular flexibility index (Phi) is 7.89. The monoisotopic (exact) mass is 450 g/mol. The number of nitrogens with one attached hydrogen (secondary N) is 1. The molecule has 0 spiro atoms. The van der Waals surface area contributed by atoms with Crippen molar-refractivity contribution in [2.45, 2.75) is 32.7 Å². The van der Waals surface area contributed by atoms with E-state index in [0.717, 1.165) is 16.7 Å². The van der Waals surface area contributed by atoms with Crippen LogP contribution in [0.5, 0.6) is 0 Å². The van der Waals surface area contributed by atoms with Crippen molar-refractivity contribution in [1.82, 2.24) is 4.98 Å². The molecule has 34 heavy (non-hydrogen) atoms. The summed E-state index contributed by atoms with van der Waals surface area (Å²) in [7, 11) is 0. The summed E-state index contributed by atoms with van der Waals surface area (Å²) in [5.41, 5.74) is 3.49. The zero-order chi connectivity index (χ0) is 23.6. The maximum absolute atomic E-state index is 13.0. The van der Waals surface area contributed by atoms with Gasteiger partial charge in [-0.25, -0.2) is 4.98 Å². The fourth-order valence-corrected chi connectivity index (χ4v) is 3.49. The van der Waals surface area contributed by atoms with Crippen molar-refractivity contribution in [3.8, 4) is 11.8 Å². The van der Waals surface area contributed by atoms with Crippen LogP contribution in [0.4, 0.5) is 5.82 Å². The highest BCUT2D eigenvalue weighted by molar-refractivity contribution is 6.03. The molecule has 5 nitrogen and oxygen atoms in total. The Hall–Kier alpha value is -4.14. The first-order chi connectivity index (χ1) is 16.7. The normalized spacial score (nSPS) is 14.8. The average Bonchev–Trinajstić information content (AvgIpc) is 2.89. The SMILES string of the molecule is CC#Cc1ccc(NC(=O)C2=CC(OCc3ccccc3)=CC(OCc3ccccc3)C2)nc1. The van der Waals surface area contributed by atoms with Gasteiger partial charge in [-0.3, -0.25) is 4.79 Å². The predicted octanol–water partition coefficient (Wildman–Crippen LogP) is 5.41. The summed E-state index contributed by atoms with van der Waals surface area (Å²) >= 11 is 0. The quantitative estimate of drug-likeness (QED) is 0.467. The first-order valence-electron chi connectivity index (χ1n) is 11.1. The lowest BCUT2D eigenvalue weighted by molar-refractivity contribution is -0.113. The van der Waals surface area contributed by atoms with Crippen LogP contribution in [0.15, 0.2) is 102 Å². The highest BCUT2D eigenvalue weighted by Gasteiger charge is 2.22. The Bertz CT molecular complexity index is 1220. The summed E-state index contributed by atoms with van der Waals surface area (Å²) in [5, 5.41) is 2.86. The Morgan fingerprint density at radius 3 is 2.35 bits per heavy atom. The number of aromatic nitrogens is 1. The van der Waals surface area contributed by atoms with Crippen LogP contribution in [0.2, 0.25) is 0 Å². The van der Waals surface area contributed by atoms with Gasteiger partial charge in [0.1, 0.15) is 18.2 Å². The number of carbonyl (C=O) groups excluding carboxylic acids is 1. The highest BCUT2D eigenvalue weighted by atomic mass is 16.5. The lowest BCUT2D eigenvalue weighted by atomic mass is 10.0. The number of anilines is 1. The second-order valence-electron chi connectivity index (χ2n) is 7.81. The largest absolute Gasteiger partial charge is 0.489 e. The third-order valence-electron chi connectivity index (χ3n) is 5.21. The molecule has 1 N–H and O–H groups in total. The molecule has 1 aliphatic rings. The van der Waals surface area contributed by atoms with Crippen LogP contribution in [0.25, 0.3) is 0 Å². The fraction of sp³-hybridized carbons (Fsp3) is 0.172. The van der Waals surface area contributed by atoms with Crippen molar-refractivity contribution in [2.75, 3.05) is 5.32 Å². The maximum Gasteiger partial charge on any atom is 0.252 e. The summed E-state index contributed by atoms with van der Waals surface area (Å²) in [6.45, 7) is 2.63. The van der Waals surface area contributed by atoms with Gasteiger partial charge in [-0.15, -0.1) is 5.92 Å². The standard InChI is InChI=1S/C29H26N2O3/c1-2-9-22-14-15-28(30-19-22)31-29(32)25-16-26(33-20-23-10-5-3-6-11-23)18-27(17-25)34-21-24-12-7-4-8-13-24/h3-8,10-16,18-19,27H,17,20-21H2,1H3,(H,30,31,32). The van der Waals surface area contributed by atoms with Crippen molar-refractivity contribution in [1.29, 1.82) is 0 Å². The van der Waals surface area contributed by atoms with Gasteiger partial charge in [0.2, 0.25) is 0 Å². The van der Waals surface area contributed by atoms with Gasteiger partial charge in [0.15, 0.2) is 0 Å². The molecule has 1 unspecified atom stereocenters. The summed E-state index contributed by atoms with van der Waals surface area (Å²) in [5.74, 6) is 6.62. The van der Waals surface area contributed by atoms with Gasteiger partial charge in [0.05, 0.1) is 12.7 Å². The number of amides is 1. The zero-order valence-corrected chi connectivity index (χ0v) is 19.0. The molecule has 5 heteroatoms. The van der Waals surface area contributed by atoms with Crippen LogP contribution in [0, 0.1) is 11.8 Å². The number of nitrogens with zero attached hydrogens (tertiary/aromatic N) is 1. The Morgan fingerprint density at radius 2 is 1.71 bits per heavy atom. The molecule has 0 saturated heterocycles. The third kappa shape index (κ3) is 6.68. The topological polar surface area (TPSA) is 60.5 Å². The minimum atomic E-state index is -0.285. The van der Waals surface area contributed by atoms with Crippen molar-refractivity contribution in [3.63, 3.8) is 0 Å². The van der Waals surface area contributed by atoms with Gasteiger partial charge >= 0.3 is 0 Å². The average molecular weight is 451 g/mol. The maximum atomic E-state index is 13.0. The smallest absolute Gasteiger partial charge is 0.252 e. The van der Waals surface area contributed by atoms with Gasteiger partial charge < -0.3 is 14.8 Å². The number of rotatable bonds is 8. The van der Waals surface area contributed by atoms with Crippen molar-refractivity contribution in [3.05, 3.63) is 119 Å². The number of pyridine rings is 1. The molecule has 1 aromatic heterocycles. The summed E-state index contributed by atoms with van der Waals surface area (Å²) < 4.78 is 12.1. The van der Waals surface area contributed by atoms with E-state index in [0.29, 0.717) is 36.8 Å². The van der Waals surface area contributed by atoms with Crippen LogP contribution >= 0.6 is 0 Å². The number of allylic oxidation sites excluding steroid dienone is 1. The van der Waals surface area contributed by atoms with Gasteiger partial charge in [0, 0.05) is 23.8 Å². The van der Waals surface area contributed by atoms with E-state index in [1.807, 2.05) is 72.8 Å². The second kappa shape index (κ2) is 11.6. The van der Waals surface area contributed by atoms with Gasteiger partial charge in [-0.05, 0) is 42.3 Å². The van der Waals surface area contributed by atoms with Crippen LogP contribution in [-0.2, 0) is 27.5 Å². The van der Waals surface area contributed by atoms with Crippen LogP contribution in [0.1, 0.15) is 30.0 Å². The van der Waals surface area contributed by atoms with E-state index in [1.54, 1.807) is 25.3 Å². The van der Waals surface area contributed by atoms with E-state index < -0.39 is 0 Å². The fourth-order valence-electron chi connectivity index (χ4n) is 3.49. The van der Waals surface area contributed by atoms with Gasteiger partial charge in [0.25, 0.3) is 5.91 Å². The summed E-state index contributed by atoms with van der Waals surface area (Å²) in [6, 6.07) is 23.4. The summed E-state index contributed by atoms with van der Waals surface area (Å²) in [4.78, 5) is 17.3. The van der Waals surface area contributed by atoms with Crippen LogP contribution in [-0.4, -0.2) is 17.0 Å². The molecule has 1 atom stereocenters. The molecule has 0 aliphatic heterocycles. The van der Waals surface area contributed by atoms with E-state index in [1.165, 1.54) is 0 Å². The molecular weight excluding hydrogens is 424 g/mol. The number of hydrogen-bond donors (Lipinski definition) is 1. The molecule has 3 aromatic rings. The number of carbonyl (C=O) groups is 1. The van der Waals surface area contributed by atoms with Crippen molar-refractivity contribution in [2.24, 2.45) is 0 Å². The van der Waals surface area contributed by atoms with E-state index in [2.05, 4.69) is 22.1 Å². The van der Waals surface area contributed by atoms with E-state index in [4.69, 9.17) is 9.47 Å². The second-order valence-corrected chi connectivity index (χ2v) is 7.81. The van der Waals surface area contributed by atoms with E-state index in [9.17, 15) is 4.79 Å². The molecule has 0 bridgehead atoms. The lowest BCUT2D eigenvalue weighted by Crippen LogP contribution is -2.23. The lowest BCUT2D eigenvalue weighted by Gasteiger charge is -2.22. The molecule has 0 fully saturated rings. The number of hydrogen-bond acceptors (Lipinski definition) is 4. The molecule has 1 aliphatic carbocycles. The molecule has 2 aromatic carbocycles. The minimum Gasteiger partial charge on any atom is -0.489 e. The Morgan fingerprint density at radius 1 is 1.00 bits per heavy atom. The Labute approximate surface area is 200 Å². The number of ether oxygens (including phenoxy) is 2. The molecule has 1 amide bonds. The molecule has 1 heterocycles. The van der Waals surface area contributed by atoms with E-state index in [-0.39, 0.29) is 12.0 Å². The van der Waals surface area contributed by atoms with Gasteiger partial charge in [-0.2, -0.15) is 0 Å². The molecular formula is C29H26N2O3. The predicted molar refractivity (Wildman–Crippen MR) is 132 cm³/mol. The molecule has 170 valence electrons. The van der Waals surface area contributed by atoms with Crippen molar-refractivity contribution >= 4 is 11.7 Å². The van der Waals surface area contributed by atoms with Crippen LogP contribution in [0.3, 0.4) is 0 Å². The molecule has 0 saturated carbocycles. The van der Waals surface area contributed by atoms with Gasteiger partial charge in [-0.1, -0.05) is 66.6 Å².